The third-order valence-electron chi connectivity index (χ3n) is 3.03. The van der Waals surface area contributed by atoms with Gasteiger partial charge in [-0.25, -0.2) is 0 Å². The van der Waals surface area contributed by atoms with Crippen molar-refractivity contribution in [2.45, 2.75) is 20.8 Å². The highest BCUT2D eigenvalue weighted by atomic mass is 15.5. The van der Waals surface area contributed by atoms with E-state index < -0.39 is 0 Å². The van der Waals surface area contributed by atoms with Crippen LogP contribution in [0.1, 0.15) is 25.1 Å². The summed E-state index contributed by atoms with van der Waals surface area (Å²) >= 11 is 0. The van der Waals surface area contributed by atoms with E-state index in [2.05, 4.69) is 16.3 Å². The number of nitrogens with zero attached hydrogens (tertiary/aromatic N) is 5. The summed E-state index contributed by atoms with van der Waals surface area (Å²) in [5, 5.41) is 17.9. The lowest BCUT2D eigenvalue weighted by Gasteiger charge is -2.16. The summed E-state index contributed by atoms with van der Waals surface area (Å²) in [6.07, 6.45) is 0. The van der Waals surface area contributed by atoms with Gasteiger partial charge in [-0.2, -0.15) is 5.26 Å². The van der Waals surface area contributed by atoms with Crippen LogP contribution in [0.25, 0.3) is 5.69 Å². The van der Waals surface area contributed by atoms with Crippen LogP contribution < -0.4 is 4.90 Å². The third-order valence-corrected chi connectivity index (χ3v) is 3.03. The van der Waals surface area contributed by atoms with Crippen LogP contribution >= 0.6 is 0 Å². The van der Waals surface area contributed by atoms with Crippen LogP contribution in [0, 0.1) is 18.3 Å². The van der Waals surface area contributed by atoms with Gasteiger partial charge >= 0.3 is 0 Å². The predicted molar refractivity (Wildman–Crippen MR) is 74.4 cm³/mol. The maximum absolute atomic E-state index is 9.17. The molecule has 0 N–H and O–H groups in total. The second-order valence-electron chi connectivity index (χ2n) is 4.28. The van der Waals surface area contributed by atoms with Crippen LogP contribution in [-0.2, 0) is 0 Å². The van der Waals surface area contributed by atoms with Gasteiger partial charge in [-0.3, -0.25) is 0 Å². The van der Waals surface area contributed by atoms with E-state index in [1.165, 1.54) is 10.4 Å². The summed E-state index contributed by atoms with van der Waals surface area (Å²) in [7, 11) is 0. The standard InChI is InChI=1S/C14H17N5/c1-4-18(5-2)14-13(10-15)16-19(17-14)12-8-6-11(3)7-9-12/h6-9H,4-5H2,1-3H3. The van der Waals surface area contributed by atoms with Crippen molar-refractivity contribution in [1.29, 1.82) is 5.26 Å². The number of hydrogen-bond acceptors (Lipinski definition) is 4. The van der Waals surface area contributed by atoms with Gasteiger partial charge in [0.1, 0.15) is 6.07 Å². The second kappa shape index (κ2) is 5.53. The smallest absolute Gasteiger partial charge is 0.207 e. The average molecular weight is 255 g/mol. The number of aryl methyl sites for hydroxylation is 1. The summed E-state index contributed by atoms with van der Waals surface area (Å²) in [5.41, 5.74) is 2.41. The number of rotatable bonds is 4. The van der Waals surface area contributed by atoms with E-state index >= 15 is 0 Å². The monoisotopic (exact) mass is 255 g/mol. The predicted octanol–water partition coefficient (Wildman–Crippen LogP) is 2.29. The highest BCUT2D eigenvalue weighted by Crippen LogP contribution is 2.17. The molecule has 0 atom stereocenters. The Hall–Kier alpha value is -2.35. The first-order valence-electron chi connectivity index (χ1n) is 6.39. The fourth-order valence-corrected chi connectivity index (χ4v) is 1.90. The van der Waals surface area contributed by atoms with Crippen LogP contribution in [0.5, 0.6) is 0 Å². The molecule has 0 radical (unpaired) electrons. The van der Waals surface area contributed by atoms with E-state index in [-0.39, 0.29) is 0 Å². The summed E-state index contributed by atoms with van der Waals surface area (Å²) in [6, 6.07) is 10.0. The fourth-order valence-electron chi connectivity index (χ4n) is 1.90. The minimum Gasteiger partial charge on any atom is -0.353 e. The van der Waals surface area contributed by atoms with Gasteiger partial charge < -0.3 is 4.90 Å². The van der Waals surface area contributed by atoms with Crippen molar-refractivity contribution in [1.82, 2.24) is 15.0 Å². The molecular formula is C14H17N5. The van der Waals surface area contributed by atoms with Gasteiger partial charge in [-0.1, -0.05) is 17.7 Å². The highest BCUT2D eigenvalue weighted by Gasteiger charge is 2.16. The lowest BCUT2D eigenvalue weighted by atomic mass is 10.2. The van der Waals surface area contributed by atoms with Crippen LogP contribution in [-0.4, -0.2) is 28.1 Å². The first kappa shape index (κ1) is 13.1. The van der Waals surface area contributed by atoms with Gasteiger partial charge in [0.15, 0.2) is 5.82 Å². The third kappa shape index (κ3) is 2.58. The molecule has 98 valence electrons. The van der Waals surface area contributed by atoms with Crippen LogP contribution in [0.4, 0.5) is 5.82 Å². The molecule has 0 saturated carbocycles. The Kier molecular flexibility index (Phi) is 3.81. The van der Waals surface area contributed by atoms with Gasteiger partial charge in [0.25, 0.3) is 0 Å². The van der Waals surface area contributed by atoms with Crippen molar-refractivity contribution in [2.24, 2.45) is 0 Å². The summed E-state index contributed by atoms with van der Waals surface area (Å²) < 4.78 is 0. The molecule has 0 aliphatic rings. The minimum absolute atomic E-state index is 0.365. The molecule has 5 nitrogen and oxygen atoms in total. The molecule has 0 saturated heterocycles. The van der Waals surface area contributed by atoms with Gasteiger partial charge in [0, 0.05) is 13.1 Å². The minimum atomic E-state index is 0.365. The lowest BCUT2D eigenvalue weighted by Crippen LogP contribution is -2.23. The van der Waals surface area contributed by atoms with Gasteiger partial charge in [-0.15, -0.1) is 15.0 Å². The number of anilines is 1. The van der Waals surface area contributed by atoms with Gasteiger partial charge in [0.2, 0.25) is 5.69 Å². The molecule has 0 aliphatic carbocycles. The molecule has 19 heavy (non-hydrogen) atoms. The molecule has 5 heteroatoms. The topological polar surface area (TPSA) is 57.7 Å². The molecule has 2 aromatic rings. The molecule has 0 aliphatic heterocycles. The summed E-state index contributed by atoms with van der Waals surface area (Å²) in [6.45, 7) is 7.71. The Morgan fingerprint density at radius 3 is 2.32 bits per heavy atom. The summed E-state index contributed by atoms with van der Waals surface area (Å²) in [5.74, 6) is 0.646. The molecule has 0 bridgehead atoms. The quantitative estimate of drug-likeness (QED) is 0.841. The number of aromatic nitrogens is 3. The van der Waals surface area contributed by atoms with Crippen molar-refractivity contribution < 1.29 is 0 Å². The van der Waals surface area contributed by atoms with Crippen LogP contribution in [0.2, 0.25) is 0 Å². The molecule has 0 spiro atoms. The van der Waals surface area contributed by atoms with E-state index in [1.54, 1.807) is 0 Å². The molecule has 2 rings (SSSR count). The lowest BCUT2D eigenvalue weighted by molar-refractivity contribution is 0.737. The zero-order chi connectivity index (χ0) is 13.8. The maximum Gasteiger partial charge on any atom is 0.207 e. The largest absolute Gasteiger partial charge is 0.353 e. The second-order valence-corrected chi connectivity index (χ2v) is 4.28. The van der Waals surface area contributed by atoms with Gasteiger partial charge in [-0.05, 0) is 32.9 Å². The number of hydrogen-bond donors (Lipinski definition) is 0. The van der Waals surface area contributed by atoms with E-state index in [0.29, 0.717) is 11.5 Å². The average Bonchev–Trinajstić information content (AvgIpc) is 2.85. The molecule has 1 aromatic carbocycles. The Morgan fingerprint density at radius 2 is 1.79 bits per heavy atom. The molecular weight excluding hydrogens is 238 g/mol. The van der Waals surface area contributed by atoms with E-state index in [1.807, 2.05) is 49.9 Å². The zero-order valence-corrected chi connectivity index (χ0v) is 11.5. The zero-order valence-electron chi connectivity index (χ0n) is 11.5. The van der Waals surface area contributed by atoms with Crippen molar-refractivity contribution >= 4 is 5.82 Å². The Balaban J connectivity index is 2.44. The molecule has 0 unspecified atom stereocenters. The van der Waals surface area contributed by atoms with E-state index in [9.17, 15) is 5.26 Å². The van der Waals surface area contributed by atoms with Crippen molar-refractivity contribution in [3.05, 3.63) is 35.5 Å². The van der Waals surface area contributed by atoms with E-state index in [4.69, 9.17) is 0 Å². The van der Waals surface area contributed by atoms with Crippen LogP contribution in [0.15, 0.2) is 24.3 Å². The molecule has 1 heterocycles. The van der Waals surface area contributed by atoms with Crippen molar-refractivity contribution in [3.63, 3.8) is 0 Å². The number of benzene rings is 1. The normalized spacial score (nSPS) is 10.2. The molecule has 0 amide bonds. The number of nitriles is 1. The van der Waals surface area contributed by atoms with Crippen LogP contribution in [0.3, 0.4) is 0 Å². The van der Waals surface area contributed by atoms with Gasteiger partial charge in [0.05, 0.1) is 5.69 Å². The maximum atomic E-state index is 9.17. The highest BCUT2D eigenvalue weighted by molar-refractivity contribution is 5.50. The van der Waals surface area contributed by atoms with Crippen molar-refractivity contribution in [3.8, 4) is 11.8 Å². The summed E-state index contributed by atoms with van der Waals surface area (Å²) in [4.78, 5) is 3.54. The first-order chi connectivity index (χ1) is 9.19. The first-order valence-corrected chi connectivity index (χ1v) is 6.39. The van der Waals surface area contributed by atoms with Crippen molar-refractivity contribution in [2.75, 3.05) is 18.0 Å². The SMILES string of the molecule is CCN(CC)c1nn(-c2ccc(C)cc2)nc1C#N. The van der Waals surface area contributed by atoms with E-state index in [0.717, 1.165) is 18.8 Å². The fraction of sp³-hybridized carbons (Fsp3) is 0.357. The Bertz CT molecular complexity index is 587. The molecule has 0 fully saturated rings. The molecule has 1 aromatic heterocycles. The Morgan fingerprint density at radius 1 is 1.16 bits per heavy atom. The Labute approximate surface area is 113 Å².